The molecule has 2 rings (SSSR count). The smallest absolute Gasteiger partial charge is 0.119 e. The molecular weight excluding hydrogens is 182 g/mol. The molecule has 1 aromatic rings. The Morgan fingerprint density at radius 1 is 1.46 bits per heavy atom. The minimum Gasteiger partial charge on any atom is -0.308 e. The molecule has 0 bridgehead atoms. The van der Waals surface area contributed by atoms with Crippen molar-refractivity contribution >= 4 is 11.8 Å². The lowest BCUT2D eigenvalue weighted by atomic mass is 10.4. The third-order valence-corrected chi connectivity index (χ3v) is 2.79. The van der Waals surface area contributed by atoms with Gasteiger partial charge in [-0.25, -0.2) is 4.98 Å². The van der Waals surface area contributed by atoms with Gasteiger partial charge in [0, 0.05) is 25.0 Å². The third-order valence-electron chi connectivity index (χ3n) is 2.06. The van der Waals surface area contributed by atoms with E-state index < -0.39 is 0 Å². The molecule has 0 spiro atoms. The van der Waals surface area contributed by atoms with Gasteiger partial charge in [0.15, 0.2) is 0 Å². The van der Waals surface area contributed by atoms with E-state index in [-0.39, 0.29) is 0 Å². The molecule has 13 heavy (non-hydrogen) atoms. The zero-order valence-corrected chi connectivity index (χ0v) is 8.47. The molecule has 0 radical (unpaired) electrons. The number of aromatic nitrogens is 2. The molecule has 3 nitrogen and oxygen atoms in total. The maximum Gasteiger partial charge on any atom is 0.119 e. The van der Waals surface area contributed by atoms with Crippen LogP contribution in [0.4, 0.5) is 0 Å². The van der Waals surface area contributed by atoms with Gasteiger partial charge in [-0.15, -0.1) is 11.8 Å². The minimum absolute atomic E-state index is 0.733. The van der Waals surface area contributed by atoms with Crippen LogP contribution in [0.15, 0.2) is 17.4 Å². The normalized spacial score (nSPS) is 16.1. The van der Waals surface area contributed by atoms with Gasteiger partial charge in [0.05, 0.1) is 5.69 Å². The lowest BCUT2D eigenvalue weighted by Gasteiger charge is -2.04. The summed E-state index contributed by atoms with van der Waals surface area (Å²) in [6.45, 7) is 0.856. The van der Waals surface area contributed by atoms with E-state index in [9.17, 15) is 0 Å². The standard InChI is InChI=1S/C9H13N3S/c1-13-9-8(10-4-5-11-9)6-12-7-2-3-7/h4-5,7,12H,2-3,6H2,1H3. The molecule has 0 atom stereocenters. The van der Waals surface area contributed by atoms with Gasteiger partial charge in [0.1, 0.15) is 5.03 Å². The first kappa shape index (κ1) is 8.97. The average molecular weight is 195 g/mol. The van der Waals surface area contributed by atoms with E-state index in [1.54, 1.807) is 24.2 Å². The third kappa shape index (κ3) is 2.42. The number of nitrogens with one attached hydrogen (secondary N) is 1. The predicted molar refractivity (Wildman–Crippen MR) is 53.7 cm³/mol. The summed E-state index contributed by atoms with van der Waals surface area (Å²) in [6.07, 6.45) is 8.16. The van der Waals surface area contributed by atoms with Crippen LogP contribution >= 0.6 is 11.8 Å². The van der Waals surface area contributed by atoms with Crippen LogP contribution in [-0.2, 0) is 6.54 Å². The SMILES string of the molecule is CSc1nccnc1CNC1CC1. The lowest BCUT2D eigenvalue weighted by Crippen LogP contribution is -2.17. The second-order valence-corrected chi connectivity index (χ2v) is 3.96. The second-order valence-electron chi connectivity index (χ2n) is 3.17. The van der Waals surface area contributed by atoms with Crippen LogP contribution in [0.25, 0.3) is 0 Å². The van der Waals surface area contributed by atoms with Crippen LogP contribution in [0.1, 0.15) is 18.5 Å². The molecule has 1 aliphatic carbocycles. The molecule has 0 amide bonds. The molecule has 1 aliphatic rings. The van der Waals surface area contributed by atoms with Crippen molar-refractivity contribution in [2.45, 2.75) is 30.5 Å². The molecule has 4 heteroatoms. The Labute approximate surface area is 82.4 Å². The van der Waals surface area contributed by atoms with Crippen molar-refractivity contribution in [1.82, 2.24) is 15.3 Å². The van der Waals surface area contributed by atoms with Crippen molar-refractivity contribution in [2.24, 2.45) is 0 Å². The van der Waals surface area contributed by atoms with Gasteiger partial charge >= 0.3 is 0 Å². The van der Waals surface area contributed by atoms with Crippen molar-refractivity contribution in [3.63, 3.8) is 0 Å². The second kappa shape index (κ2) is 4.07. The molecule has 1 fully saturated rings. The van der Waals surface area contributed by atoms with Gasteiger partial charge in [-0.05, 0) is 19.1 Å². The van der Waals surface area contributed by atoms with E-state index >= 15 is 0 Å². The Morgan fingerprint density at radius 3 is 2.92 bits per heavy atom. The summed E-state index contributed by atoms with van der Waals surface area (Å²) < 4.78 is 0. The first-order chi connectivity index (χ1) is 6.40. The van der Waals surface area contributed by atoms with Gasteiger partial charge in [0.25, 0.3) is 0 Å². The largest absolute Gasteiger partial charge is 0.308 e. The van der Waals surface area contributed by atoms with Gasteiger partial charge in [0.2, 0.25) is 0 Å². The van der Waals surface area contributed by atoms with Crippen LogP contribution in [0.2, 0.25) is 0 Å². The first-order valence-electron chi connectivity index (χ1n) is 4.47. The number of rotatable bonds is 4. The highest BCUT2D eigenvalue weighted by Crippen LogP contribution is 2.20. The number of thioether (sulfide) groups is 1. The maximum atomic E-state index is 4.30. The monoisotopic (exact) mass is 195 g/mol. The van der Waals surface area contributed by atoms with Crippen LogP contribution in [-0.4, -0.2) is 22.3 Å². The van der Waals surface area contributed by atoms with Crippen molar-refractivity contribution in [3.05, 3.63) is 18.1 Å². The quantitative estimate of drug-likeness (QED) is 0.738. The van der Waals surface area contributed by atoms with E-state index in [2.05, 4.69) is 15.3 Å². The summed E-state index contributed by atoms with van der Waals surface area (Å²) in [5.74, 6) is 0. The highest BCUT2D eigenvalue weighted by molar-refractivity contribution is 7.98. The van der Waals surface area contributed by atoms with Crippen molar-refractivity contribution < 1.29 is 0 Å². The molecule has 0 saturated heterocycles. The van der Waals surface area contributed by atoms with Gasteiger partial charge in [-0.3, -0.25) is 4.98 Å². The Morgan fingerprint density at radius 2 is 2.23 bits per heavy atom. The molecule has 1 saturated carbocycles. The van der Waals surface area contributed by atoms with Gasteiger partial charge in [-0.2, -0.15) is 0 Å². The first-order valence-corrected chi connectivity index (χ1v) is 5.70. The van der Waals surface area contributed by atoms with Crippen molar-refractivity contribution in [1.29, 1.82) is 0 Å². The zero-order valence-electron chi connectivity index (χ0n) is 7.66. The topological polar surface area (TPSA) is 37.8 Å². The fourth-order valence-corrected chi connectivity index (χ4v) is 1.70. The molecule has 0 aromatic carbocycles. The zero-order chi connectivity index (χ0) is 9.10. The van der Waals surface area contributed by atoms with E-state index in [0.29, 0.717) is 0 Å². The molecule has 1 heterocycles. The van der Waals surface area contributed by atoms with Crippen LogP contribution in [0.5, 0.6) is 0 Å². The summed E-state index contributed by atoms with van der Waals surface area (Å²) in [7, 11) is 0. The number of hydrogen-bond donors (Lipinski definition) is 1. The molecule has 0 aliphatic heterocycles. The van der Waals surface area contributed by atoms with Crippen LogP contribution in [0, 0.1) is 0 Å². The van der Waals surface area contributed by atoms with Gasteiger partial charge in [-0.1, -0.05) is 0 Å². The number of nitrogens with zero attached hydrogens (tertiary/aromatic N) is 2. The summed E-state index contributed by atoms with van der Waals surface area (Å²) in [5, 5.41) is 4.47. The Balaban J connectivity index is 1.99. The Hall–Kier alpha value is -0.610. The molecule has 70 valence electrons. The Bertz CT molecular complexity index is 286. The molecule has 1 N–H and O–H groups in total. The fraction of sp³-hybridized carbons (Fsp3) is 0.556. The summed E-state index contributed by atoms with van der Waals surface area (Å²) in [5.41, 5.74) is 1.07. The summed E-state index contributed by atoms with van der Waals surface area (Å²) >= 11 is 1.65. The lowest BCUT2D eigenvalue weighted by molar-refractivity contribution is 0.658. The van der Waals surface area contributed by atoms with E-state index in [0.717, 1.165) is 23.3 Å². The van der Waals surface area contributed by atoms with E-state index in [1.165, 1.54) is 12.8 Å². The molecular formula is C9H13N3S. The summed E-state index contributed by atoms with van der Waals surface area (Å²) in [6, 6.07) is 0.733. The molecule has 1 aromatic heterocycles. The van der Waals surface area contributed by atoms with E-state index in [1.807, 2.05) is 6.26 Å². The van der Waals surface area contributed by atoms with Crippen molar-refractivity contribution in [2.75, 3.05) is 6.26 Å². The fourth-order valence-electron chi connectivity index (χ4n) is 1.17. The highest BCUT2D eigenvalue weighted by Gasteiger charge is 2.20. The van der Waals surface area contributed by atoms with Gasteiger partial charge < -0.3 is 5.32 Å². The maximum absolute atomic E-state index is 4.30. The van der Waals surface area contributed by atoms with Crippen LogP contribution in [0.3, 0.4) is 0 Å². The number of hydrogen-bond acceptors (Lipinski definition) is 4. The Kier molecular flexibility index (Phi) is 2.80. The summed E-state index contributed by atoms with van der Waals surface area (Å²) in [4.78, 5) is 8.56. The minimum atomic E-state index is 0.733. The van der Waals surface area contributed by atoms with Crippen LogP contribution < -0.4 is 5.32 Å². The van der Waals surface area contributed by atoms with E-state index in [4.69, 9.17) is 0 Å². The molecule has 0 unspecified atom stereocenters. The highest BCUT2D eigenvalue weighted by atomic mass is 32.2. The average Bonchev–Trinajstić information content (AvgIpc) is 2.99. The van der Waals surface area contributed by atoms with Crippen molar-refractivity contribution in [3.8, 4) is 0 Å². The predicted octanol–water partition coefficient (Wildman–Crippen LogP) is 1.45.